The molecule has 0 unspecified atom stereocenters. The van der Waals surface area contributed by atoms with Crippen molar-refractivity contribution in [3.8, 4) is 5.75 Å². The molecular weight excluding hydrogens is 486 g/mol. The van der Waals surface area contributed by atoms with Crippen molar-refractivity contribution in [2.75, 3.05) is 44.1 Å². The number of methoxy groups -OCH3 is 1. The Morgan fingerprint density at radius 3 is 2.57 bits per heavy atom. The third kappa shape index (κ3) is 6.62. The van der Waals surface area contributed by atoms with Crippen LogP contribution in [0.1, 0.15) is 29.9 Å². The maximum atomic E-state index is 11.8. The predicted molar refractivity (Wildman–Crippen MR) is 141 cm³/mol. The minimum absolute atomic E-state index is 0.0924. The number of ether oxygens (including phenoxy) is 1. The zero-order valence-corrected chi connectivity index (χ0v) is 21.7. The van der Waals surface area contributed by atoms with Crippen LogP contribution in [0.25, 0.3) is 0 Å². The molecule has 3 aromatic rings. The first kappa shape index (κ1) is 25.2. The molecule has 8 nitrogen and oxygen atoms in total. The van der Waals surface area contributed by atoms with Crippen LogP contribution in [0.5, 0.6) is 5.75 Å². The van der Waals surface area contributed by atoms with Gasteiger partial charge in [0.05, 0.1) is 24.7 Å². The monoisotopic (exact) mass is 515 g/mol. The van der Waals surface area contributed by atoms with E-state index >= 15 is 0 Å². The summed E-state index contributed by atoms with van der Waals surface area (Å²) in [4.78, 5) is 11.2. The van der Waals surface area contributed by atoms with Crippen molar-refractivity contribution >= 4 is 44.6 Å². The van der Waals surface area contributed by atoms with Gasteiger partial charge in [-0.2, -0.15) is 4.98 Å². The molecule has 186 valence electrons. The maximum Gasteiger partial charge on any atom is 0.229 e. The van der Waals surface area contributed by atoms with Gasteiger partial charge in [0.25, 0.3) is 0 Å². The van der Waals surface area contributed by atoms with E-state index < -0.39 is 9.84 Å². The lowest BCUT2D eigenvalue weighted by molar-refractivity contribution is 0.255. The van der Waals surface area contributed by atoms with Gasteiger partial charge in [-0.1, -0.05) is 35.9 Å². The Labute approximate surface area is 211 Å². The Morgan fingerprint density at radius 1 is 1.11 bits per heavy atom. The number of aromatic nitrogens is 2. The van der Waals surface area contributed by atoms with Crippen LogP contribution >= 0.6 is 11.6 Å². The van der Waals surface area contributed by atoms with E-state index in [1.165, 1.54) is 18.0 Å². The largest absolute Gasteiger partial charge is 0.495 e. The number of benzene rings is 2. The second-order valence-electron chi connectivity index (χ2n) is 8.90. The Hall–Kier alpha value is -2.88. The van der Waals surface area contributed by atoms with Crippen molar-refractivity contribution in [3.05, 3.63) is 64.8 Å². The molecule has 0 saturated carbocycles. The zero-order chi connectivity index (χ0) is 25.0. The SMILES string of the molecule is COc1cc(C2CCN(C)CC2)ccc1Nc1ncc(Cl)c(Nc2ccccc2CS(C)(=O)=O)n1. The molecular formula is C25H30ClN5O3S. The van der Waals surface area contributed by atoms with E-state index in [2.05, 4.69) is 44.7 Å². The predicted octanol–water partition coefficient (Wildman–Crippen LogP) is 4.98. The number of para-hydroxylation sites is 1. The Bertz CT molecular complexity index is 1290. The van der Waals surface area contributed by atoms with E-state index in [-0.39, 0.29) is 5.75 Å². The molecule has 0 atom stereocenters. The Morgan fingerprint density at radius 2 is 1.86 bits per heavy atom. The molecule has 10 heteroatoms. The molecule has 0 radical (unpaired) electrons. The van der Waals surface area contributed by atoms with Gasteiger partial charge in [0.15, 0.2) is 15.7 Å². The number of halogens is 1. The van der Waals surface area contributed by atoms with Crippen LogP contribution in [0.3, 0.4) is 0 Å². The lowest BCUT2D eigenvalue weighted by atomic mass is 9.89. The number of rotatable bonds is 8. The molecule has 1 aromatic heterocycles. The fraction of sp³-hybridized carbons (Fsp3) is 0.360. The molecule has 2 N–H and O–H groups in total. The van der Waals surface area contributed by atoms with E-state index in [1.807, 2.05) is 12.1 Å². The molecule has 1 saturated heterocycles. The summed E-state index contributed by atoms with van der Waals surface area (Å²) < 4.78 is 29.3. The minimum Gasteiger partial charge on any atom is -0.495 e. The van der Waals surface area contributed by atoms with Crippen molar-refractivity contribution in [2.45, 2.75) is 24.5 Å². The molecule has 4 rings (SSSR count). The number of sulfone groups is 1. The second-order valence-corrected chi connectivity index (χ2v) is 11.5. The van der Waals surface area contributed by atoms with E-state index in [0.29, 0.717) is 39.7 Å². The van der Waals surface area contributed by atoms with Gasteiger partial charge < -0.3 is 20.3 Å². The van der Waals surface area contributed by atoms with E-state index in [9.17, 15) is 8.42 Å². The summed E-state index contributed by atoms with van der Waals surface area (Å²) in [5, 5.41) is 6.68. The third-order valence-corrected chi connectivity index (χ3v) is 7.21. The van der Waals surface area contributed by atoms with Gasteiger partial charge in [-0.15, -0.1) is 0 Å². The van der Waals surface area contributed by atoms with E-state index in [4.69, 9.17) is 16.3 Å². The van der Waals surface area contributed by atoms with Crippen LogP contribution in [-0.2, 0) is 15.6 Å². The smallest absolute Gasteiger partial charge is 0.229 e. The standard InChI is InChI=1S/C25H30ClN5O3S/c1-31-12-10-17(11-13-31)18-8-9-22(23(14-18)34-2)29-25-27-15-20(26)24(30-25)28-21-7-5-4-6-19(21)16-35(3,32)33/h4-9,14-15,17H,10-13,16H2,1-3H3,(H2,27,28,29,30). The first-order valence-electron chi connectivity index (χ1n) is 11.4. The van der Waals surface area contributed by atoms with Crippen LogP contribution < -0.4 is 15.4 Å². The number of likely N-dealkylation sites (tertiary alicyclic amines) is 1. The molecule has 1 fully saturated rings. The van der Waals surface area contributed by atoms with E-state index in [0.717, 1.165) is 31.6 Å². The average Bonchev–Trinajstić information content (AvgIpc) is 2.82. The lowest BCUT2D eigenvalue weighted by Gasteiger charge is -2.29. The summed E-state index contributed by atoms with van der Waals surface area (Å²) >= 11 is 6.35. The minimum atomic E-state index is -3.21. The molecule has 1 aliphatic heterocycles. The quantitative estimate of drug-likeness (QED) is 0.433. The summed E-state index contributed by atoms with van der Waals surface area (Å²) in [5.41, 5.74) is 3.26. The molecule has 2 aromatic carbocycles. The maximum absolute atomic E-state index is 11.8. The van der Waals surface area contributed by atoms with Gasteiger partial charge in [-0.3, -0.25) is 0 Å². The van der Waals surface area contributed by atoms with Gasteiger partial charge in [0, 0.05) is 11.9 Å². The second kappa shape index (κ2) is 10.8. The van der Waals surface area contributed by atoms with Gasteiger partial charge in [-0.05, 0) is 68.2 Å². The number of hydrogen-bond donors (Lipinski definition) is 2. The first-order chi connectivity index (χ1) is 16.7. The van der Waals surface area contributed by atoms with Gasteiger partial charge in [0.2, 0.25) is 5.95 Å². The molecule has 35 heavy (non-hydrogen) atoms. The summed E-state index contributed by atoms with van der Waals surface area (Å²) in [5.74, 6) is 1.84. The summed E-state index contributed by atoms with van der Waals surface area (Å²) in [7, 11) is 0.595. The summed E-state index contributed by atoms with van der Waals surface area (Å²) in [6.07, 6.45) is 4.96. The molecule has 0 amide bonds. The van der Waals surface area contributed by atoms with Crippen molar-refractivity contribution in [1.29, 1.82) is 0 Å². The molecule has 1 aliphatic rings. The van der Waals surface area contributed by atoms with Gasteiger partial charge in [0.1, 0.15) is 10.8 Å². The molecule has 0 spiro atoms. The van der Waals surface area contributed by atoms with Gasteiger partial charge >= 0.3 is 0 Å². The van der Waals surface area contributed by atoms with Crippen molar-refractivity contribution < 1.29 is 13.2 Å². The normalized spacial score (nSPS) is 15.1. The number of hydrogen-bond acceptors (Lipinski definition) is 8. The van der Waals surface area contributed by atoms with Gasteiger partial charge in [-0.25, -0.2) is 13.4 Å². The van der Waals surface area contributed by atoms with E-state index in [1.54, 1.807) is 25.3 Å². The highest BCUT2D eigenvalue weighted by atomic mass is 35.5. The Balaban J connectivity index is 1.55. The summed E-state index contributed by atoms with van der Waals surface area (Å²) in [6.45, 7) is 2.18. The lowest BCUT2D eigenvalue weighted by Crippen LogP contribution is -2.29. The highest BCUT2D eigenvalue weighted by Crippen LogP contribution is 2.35. The summed E-state index contributed by atoms with van der Waals surface area (Å²) in [6, 6.07) is 13.3. The van der Waals surface area contributed by atoms with Crippen LogP contribution in [0.4, 0.5) is 23.1 Å². The fourth-order valence-electron chi connectivity index (χ4n) is 4.22. The number of nitrogens with zero attached hydrogens (tertiary/aromatic N) is 3. The fourth-order valence-corrected chi connectivity index (χ4v) is 5.18. The van der Waals surface area contributed by atoms with Crippen molar-refractivity contribution in [1.82, 2.24) is 14.9 Å². The topological polar surface area (TPSA) is 96.5 Å². The molecule has 0 aliphatic carbocycles. The van der Waals surface area contributed by atoms with Crippen LogP contribution in [0.2, 0.25) is 5.02 Å². The van der Waals surface area contributed by atoms with Crippen molar-refractivity contribution in [2.24, 2.45) is 0 Å². The van der Waals surface area contributed by atoms with Crippen LogP contribution in [0.15, 0.2) is 48.7 Å². The first-order valence-corrected chi connectivity index (χ1v) is 13.8. The number of anilines is 4. The zero-order valence-electron chi connectivity index (χ0n) is 20.1. The van der Waals surface area contributed by atoms with Crippen LogP contribution in [0, 0.1) is 0 Å². The molecule has 2 heterocycles. The highest BCUT2D eigenvalue weighted by molar-refractivity contribution is 7.89. The van der Waals surface area contributed by atoms with Crippen LogP contribution in [-0.4, -0.2) is 56.8 Å². The Kier molecular flexibility index (Phi) is 7.78. The number of nitrogens with one attached hydrogen (secondary N) is 2. The highest BCUT2D eigenvalue weighted by Gasteiger charge is 2.20. The number of piperidine rings is 1. The average molecular weight is 516 g/mol. The van der Waals surface area contributed by atoms with Crippen molar-refractivity contribution in [3.63, 3.8) is 0 Å². The molecule has 0 bridgehead atoms. The third-order valence-electron chi connectivity index (χ3n) is 6.09.